The van der Waals surface area contributed by atoms with Gasteiger partial charge in [-0.05, 0) is 38.5 Å². The van der Waals surface area contributed by atoms with E-state index in [0.717, 1.165) is 11.3 Å². The van der Waals surface area contributed by atoms with E-state index in [1.54, 1.807) is 20.4 Å². The molecule has 0 saturated carbocycles. The lowest BCUT2D eigenvalue weighted by molar-refractivity contribution is 0.213. The number of rotatable bonds is 9. The van der Waals surface area contributed by atoms with Crippen molar-refractivity contribution >= 4 is 29.9 Å². The second kappa shape index (κ2) is 13.1. The molecule has 2 rings (SSSR count). The van der Waals surface area contributed by atoms with Gasteiger partial charge in [-0.1, -0.05) is 18.2 Å². The van der Waals surface area contributed by atoms with Gasteiger partial charge in [0.2, 0.25) is 5.88 Å². The third-order valence-electron chi connectivity index (χ3n) is 3.79. The Labute approximate surface area is 190 Å². The number of guanidine groups is 1. The number of nitrogens with zero attached hydrogens (tertiary/aromatic N) is 2. The second-order valence-electron chi connectivity index (χ2n) is 6.56. The Kier molecular flexibility index (Phi) is 11.2. The van der Waals surface area contributed by atoms with Crippen molar-refractivity contribution in [2.75, 3.05) is 20.7 Å². The van der Waals surface area contributed by atoms with Gasteiger partial charge in [0, 0.05) is 25.9 Å². The third-order valence-corrected chi connectivity index (χ3v) is 3.79. The number of nitrogens with one attached hydrogen (secondary N) is 2. The average Bonchev–Trinajstić information content (AvgIpc) is 2.69. The Hall–Kier alpha value is -2.23. The molecule has 1 aromatic carbocycles. The molecule has 0 bridgehead atoms. The number of hydrogen-bond donors (Lipinski definition) is 2. The van der Waals surface area contributed by atoms with Gasteiger partial charge < -0.3 is 24.8 Å². The van der Waals surface area contributed by atoms with Gasteiger partial charge in [0.1, 0.15) is 6.10 Å². The topological polar surface area (TPSA) is 77.0 Å². The predicted octanol–water partition coefficient (Wildman–Crippen LogP) is 3.63. The fraction of sp³-hybridized carbons (Fsp3) is 0.429. The second-order valence-corrected chi connectivity index (χ2v) is 6.56. The van der Waals surface area contributed by atoms with E-state index < -0.39 is 0 Å². The van der Waals surface area contributed by atoms with E-state index >= 15 is 0 Å². The lowest BCUT2D eigenvalue weighted by atomic mass is 10.3. The molecule has 2 N–H and O–H groups in total. The van der Waals surface area contributed by atoms with Crippen molar-refractivity contribution in [2.24, 2.45) is 4.99 Å². The third kappa shape index (κ3) is 8.76. The zero-order valence-corrected chi connectivity index (χ0v) is 20.0. The molecule has 0 aliphatic heterocycles. The predicted molar refractivity (Wildman–Crippen MR) is 127 cm³/mol. The van der Waals surface area contributed by atoms with E-state index in [1.807, 2.05) is 57.2 Å². The highest BCUT2D eigenvalue weighted by atomic mass is 127. The van der Waals surface area contributed by atoms with Crippen molar-refractivity contribution in [1.82, 2.24) is 15.6 Å². The summed E-state index contributed by atoms with van der Waals surface area (Å²) in [5.74, 6) is 2.76. The smallest absolute Gasteiger partial charge is 0.213 e. The largest absolute Gasteiger partial charge is 0.493 e. The summed E-state index contributed by atoms with van der Waals surface area (Å²) in [5, 5.41) is 6.53. The molecule has 8 heteroatoms. The van der Waals surface area contributed by atoms with E-state index in [4.69, 9.17) is 14.2 Å². The van der Waals surface area contributed by atoms with Crippen LogP contribution in [0.15, 0.2) is 47.6 Å². The van der Waals surface area contributed by atoms with Crippen LogP contribution in [0.3, 0.4) is 0 Å². The van der Waals surface area contributed by atoms with Crippen molar-refractivity contribution < 1.29 is 14.2 Å². The summed E-state index contributed by atoms with van der Waals surface area (Å²) in [6.07, 6.45) is 1.84. The first-order valence-corrected chi connectivity index (χ1v) is 9.37. The Balaban J connectivity index is 0.00000420. The number of aliphatic imine (C=N–C) groups is 1. The molecule has 7 nitrogen and oxygen atoms in total. The van der Waals surface area contributed by atoms with Crippen LogP contribution in [-0.2, 0) is 6.54 Å². The number of hydrogen-bond acceptors (Lipinski definition) is 5. The van der Waals surface area contributed by atoms with Crippen LogP contribution < -0.4 is 24.8 Å². The molecular weight excluding hydrogens is 483 g/mol. The van der Waals surface area contributed by atoms with Gasteiger partial charge in [0.15, 0.2) is 17.5 Å². The zero-order chi connectivity index (χ0) is 20.4. The Morgan fingerprint density at radius 2 is 1.76 bits per heavy atom. The van der Waals surface area contributed by atoms with Crippen molar-refractivity contribution in [3.05, 3.63) is 48.2 Å². The zero-order valence-electron chi connectivity index (χ0n) is 17.6. The van der Waals surface area contributed by atoms with E-state index in [-0.39, 0.29) is 36.2 Å². The summed E-state index contributed by atoms with van der Waals surface area (Å²) in [6, 6.07) is 11.5. The normalized spacial score (nSPS) is 12.0. The summed E-state index contributed by atoms with van der Waals surface area (Å²) in [4.78, 5) is 8.55. The lowest BCUT2D eigenvalue weighted by Crippen LogP contribution is -2.41. The van der Waals surface area contributed by atoms with E-state index in [0.29, 0.717) is 30.7 Å². The number of para-hydroxylation sites is 2. The molecule has 0 spiro atoms. The van der Waals surface area contributed by atoms with Gasteiger partial charge in [-0.25, -0.2) is 4.98 Å². The number of aromatic nitrogens is 1. The van der Waals surface area contributed by atoms with Crippen LogP contribution in [0.25, 0.3) is 0 Å². The van der Waals surface area contributed by atoms with Gasteiger partial charge >= 0.3 is 0 Å². The van der Waals surface area contributed by atoms with Crippen LogP contribution in [0, 0.1) is 0 Å². The molecular formula is C21H31IN4O3. The molecule has 0 aliphatic carbocycles. The molecule has 0 radical (unpaired) electrons. The highest BCUT2D eigenvalue weighted by molar-refractivity contribution is 14.0. The van der Waals surface area contributed by atoms with Crippen molar-refractivity contribution in [3.8, 4) is 17.4 Å². The van der Waals surface area contributed by atoms with Crippen LogP contribution >= 0.6 is 24.0 Å². The molecule has 1 aromatic heterocycles. The number of ether oxygens (including phenoxy) is 3. The highest BCUT2D eigenvalue weighted by Crippen LogP contribution is 2.26. The standard InChI is InChI=1S/C21H30N4O3.HI/c1-15(2)27-20-11-10-17(13-23-20)14-25-21(22-4)24-12-16(3)28-19-9-7-6-8-18(19)26-5;/h6-11,13,15-16H,12,14H2,1-5H3,(H2,22,24,25);1H. The van der Waals surface area contributed by atoms with E-state index in [9.17, 15) is 0 Å². The molecule has 160 valence electrons. The summed E-state index contributed by atoms with van der Waals surface area (Å²) < 4.78 is 16.8. The molecule has 0 saturated heterocycles. The Morgan fingerprint density at radius 1 is 1.03 bits per heavy atom. The molecule has 0 aliphatic rings. The maximum Gasteiger partial charge on any atom is 0.213 e. The first-order valence-electron chi connectivity index (χ1n) is 9.37. The lowest BCUT2D eigenvalue weighted by Gasteiger charge is -2.19. The Bertz CT molecular complexity index is 754. The highest BCUT2D eigenvalue weighted by Gasteiger charge is 2.09. The van der Waals surface area contributed by atoms with E-state index in [2.05, 4.69) is 20.6 Å². The maximum absolute atomic E-state index is 5.94. The summed E-state index contributed by atoms with van der Waals surface area (Å²) in [7, 11) is 3.37. The first kappa shape index (κ1) is 24.8. The average molecular weight is 514 g/mol. The van der Waals surface area contributed by atoms with Crippen LogP contribution in [-0.4, -0.2) is 43.9 Å². The minimum atomic E-state index is -0.0658. The fourth-order valence-corrected chi connectivity index (χ4v) is 2.45. The minimum absolute atomic E-state index is 0. The van der Waals surface area contributed by atoms with Crippen molar-refractivity contribution in [3.63, 3.8) is 0 Å². The van der Waals surface area contributed by atoms with Crippen LogP contribution in [0.2, 0.25) is 0 Å². The number of pyridine rings is 1. The molecule has 2 aromatic rings. The molecule has 0 amide bonds. The SMILES string of the molecule is CN=C(NCc1ccc(OC(C)C)nc1)NCC(C)Oc1ccccc1OC.I. The van der Waals surface area contributed by atoms with Gasteiger partial charge in [0.05, 0.1) is 19.8 Å². The van der Waals surface area contributed by atoms with Crippen molar-refractivity contribution in [2.45, 2.75) is 39.5 Å². The Morgan fingerprint density at radius 3 is 2.34 bits per heavy atom. The number of benzene rings is 1. The van der Waals surface area contributed by atoms with Gasteiger partial charge in [-0.3, -0.25) is 4.99 Å². The molecule has 29 heavy (non-hydrogen) atoms. The number of methoxy groups -OCH3 is 1. The van der Waals surface area contributed by atoms with Crippen molar-refractivity contribution in [1.29, 1.82) is 0 Å². The molecule has 1 heterocycles. The first-order chi connectivity index (χ1) is 13.5. The summed E-state index contributed by atoms with van der Waals surface area (Å²) in [5.41, 5.74) is 1.04. The molecule has 0 fully saturated rings. The van der Waals surface area contributed by atoms with Crippen LogP contribution in [0.1, 0.15) is 26.3 Å². The number of halogens is 1. The quantitative estimate of drug-likeness (QED) is 0.303. The monoisotopic (exact) mass is 514 g/mol. The fourth-order valence-electron chi connectivity index (χ4n) is 2.45. The van der Waals surface area contributed by atoms with Crippen LogP contribution in [0.5, 0.6) is 17.4 Å². The minimum Gasteiger partial charge on any atom is -0.493 e. The summed E-state index contributed by atoms with van der Waals surface area (Å²) >= 11 is 0. The maximum atomic E-state index is 5.94. The summed E-state index contributed by atoms with van der Waals surface area (Å²) in [6.45, 7) is 7.15. The van der Waals surface area contributed by atoms with Crippen LogP contribution in [0.4, 0.5) is 0 Å². The molecule has 1 unspecified atom stereocenters. The molecule has 1 atom stereocenters. The van der Waals surface area contributed by atoms with Gasteiger partial charge in [0.25, 0.3) is 0 Å². The van der Waals surface area contributed by atoms with E-state index in [1.165, 1.54) is 0 Å². The van der Waals surface area contributed by atoms with Gasteiger partial charge in [-0.15, -0.1) is 24.0 Å². The van der Waals surface area contributed by atoms with Gasteiger partial charge in [-0.2, -0.15) is 0 Å².